The van der Waals surface area contributed by atoms with Crippen LogP contribution in [0.4, 0.5) is 10.5 Å². The van der Waals surface area contributed by atoms with Crippen molar-refractivity contribution in [1.82, 2.24) is 19.8 Å². The van der Waals surface area contributed by atoms with Crippen molar-refractivity contribution in [2.75, 3.05) is 31.7 Å². The summed E-state index contributed by atoms with van der Waals surface area (Å²) < 4.78 is 24.4. The Morgan fingerprint density at radius 2 is 2.00 bits per heavy atom. The highest BCUT2D eigenvalue weighted by Crippen LogP contribution is 2.21. The Labute approximate surface area is 134 Å². The lowest BCUT2D eigenvalue weighted by Gasteiger charge is -2.12. The van der Waals surface area contributed by atoms with Gasteiger partial charge in [-0.25, -0.2) is 17.5 Å². The number of fused-ring (bicyclic) bond motifs is 1. The molecule has 0 saturated carbocycles. The maximum Gasteiger partial charge on any atom is 0.319 e. The number of sulfonamides is 1. The van der Waals surface area contributed by atoms with Gasteiger partial charge in [0.1, 0.15) is 0 Å². The van der Waals surface area contributed by atoms with E-state index in [-0.39, 0.29) is 12.3 Å². The van der Waals surface area contributed by atoms with Gasteiger partial charge in [0.05, 0.1) is 22.7 Å². The number of nitrogens with one attached hydrogen (secondary N) is 2. The van der Waals surface area contributed by atoms with Crippen molar-refractivity contribution in [2.45, 2.75) is 6.92 Å². The fourth-order valence-electron chi connectivity index (χ4n) is 1.91. The van der Waals surface area contributed by atoms with Crippen molar-refractivity contribution >= 4 is 32.6 Å². The number of amides is 2. The summed E-state index contributed by atoms with van der Waals surface area (Å²) in [5.74, 6) is -0.159. The van der Waals surface area contributed by atoms with Crippen LogP contribution >= 0.6 is 0 Å². The van der Waals surface area contributed by atoms with Crippen LogP contribution < -0.4 is 10.6 Å². The van der Waals surface area contributed by atoms with E-state index in [2.05, 4.69) is 20.8 Å². The van der Waals surface area contributed by atoms with Gasteiger partial charge in [-0.3, -0.25) is 0 Å². The summed E-state index contributed by atoms with van der Waals surface area (Å²) in [5.41, 5.74) is 2.00. The highest BCUT2D eigenvalue weighted by Gasteiger charge is 2.14. The predicted octanol–water partition coefficient (Wildman–Crippen LogP) is 0.951. The number of aryl methyl sites for hydroxylation is 1. The molecule has 9 heteroatoms. The first-order valence-electron chi connectivity index (χ1n) is 6.98. The molecule has 0 atom stereocenters. The molecule has 0 radical (unpaired) electrons. The molecule has 0 bridgehead atoms. The zero-order chi connectivity index (χ0) is 17.0. The van der Waals surface area contributed by atoms with Crippen molar-refractivity contribution in [3.05, 3.63) is 30.0 Å². The molecule has 0 saturated heterocycles. The number of carbonyl (C=O) groups is 1. The monoisotopic (exact) mass is 337 g/mol. The summed E-state index contributed by atoms with van der Waals surface area (Å²) in [6, 6.07) is 6.67. The molecule has 0 fully saturated rings. The Kier molecular flexibility index (Phi) is 5.12. The third-order valence-electron chi connectivity index (χ3n) is 3.20. The van der Waals surface area contributed by atoms with E-state index in [4.69, 9.17) is 0 Å². The van der Waals surface area contributed by atoms with E-state index < -0.39 is 16.1 Å². The van der Waals surface area contributed by atoms with Crippen molar-refractivity contribution in [1.29, 1.82) is 0 Å². The van der Waals surface area contributed by atoms with E-state index in [0.29, 0.717) is 11.2 Å². The Bertz CT molecular complexity index is 820. The second-order valence-corrected chi connectivity index (χ2v) is 7.51. The van der Waals surface area contributed by atoms with Crippen LogP contribution in [-0.4, -0.2) is 55.3 Å². The molecule has 124 valence electrons. The van der Waals surface area contributed by atoms with Gasteiger partial charge in [-0.2, -0.15) is 10.2 Å². The largest absolute Gasteiger partial charge is 0.337 e. The summed E-state index contributed by atoms with van der Waals surface area (Å²) in [5, 5.41) is 14.0. The number of hydrogen-bond acceptors (Lipinski definition) is 5. The number of hydrogen-bond donors (Lipinski definition) is 2. The van der Waals surface area contributed by atoms with Gasteiger partial charge in [0.25, 0.3) is 0 Å². The molecule has 0 unspecified atom stereocenters. The van der Waals surface area contributed by atoms with E-state index in [1.165, 1.54) is 14.1 Å². The number of benzene rings is 1. The summed E-state index contributed by atoms with van der Waals surface area (Å²) in [4.78, 5) is 11.9. The van der Waals surface area contributed by atoms with Crippen LogP contribution in [-0.2, 0) is 10.0 Å². The molecule has 0 spiro atoms. The summed E-state index contributed by atoms with van der Waals surface area (Å²) >= 11 is 0. The molecule has 2 amide bonds. The fraction of sp³-hybridized carbons (Fsp3) is 0.357. The number of nitrogens with zero attached hydrogens (tertiary/aromatic N) is 3. The number of urea groups is 1. The van der Waals surface area contributed by atoms with Crippen molar-refractivity contribution in [2.24, 2.45) is 0 Å². The molecule has 0 aliphatic heterocycles. The van der Waals surface area contributed by atoms with Crippen molar-refractivity contribution in [3.8, 4) is 0 Å². The van der Waals surface area contributed by atoms with E-state index in [1.54, 1.807) is 18.2 Å². The standard InChI is InChI=1S/C14H19N5O3S/c1-10-9-11-12(5-4-6-13(11)18-17-10)16-14(20)15-7-8-23(21,22)19(2)3/h4-6,9H,7-8H2,1-3H3,(H2,15,16,20). The van der Waals surface area contributed by atoms with Crippen LogP contribution in [0.3, 0.4) is 0 Å². The molecule has 0 aliphatic rings. The minimum Gasteiger partial charge on any atom is -0.337 e. The van der Waals surface area contributed by atoms with E-state index in [9.17, 15) is 13.2 Å². The minimum atomic E-state index is -3.33. The quantitative estimate of drug-likeness (QED) is 0.845. The predicted molar refractivity (Wildman–Crippen MR) is 88.8 cm³/mol. The number of rotatable bonds is 5. The van der Waals surface area contributed by atoms with Gasteiger partial charge in [-0.05, 0) is 25.1 Å². The summed E-state index contributed by atoms with van der Waals surface area (Å²) in [6.07, 6.45) is 0. The Morgan fingerprint density at radius 1 is 1.26 bits per heavy atom. The van der Waals surface area contributed by atoms with Gasteiger partial charge in [0, 0.05) is 26.0 Å². The van der Waals surface area contributed by atoms with Crippen molar-refractivity contribution in [3.63, 3.8) is 0 Å². The SMILES string of the molecule is Cc1cc2c(NC(=O)NCCS(=O)(=O)N(C)C)cccc2nn1. The highest BCUT2D eigenvalue weighted by atomic mass is 32.2. The second kappa shape index (κ2) is 6.88. The second-order valence-electron chi connectivity index (χ2n) is 5.20. The smallest absolute Gasteiger partial charge is 0.319 e. The third kappa shape index (κ3) is 4.36. The lowest BCUT2D eigenvalue weighted by Crippen LogP contribution is -2.36. The fourth-order valence-corrected chi connectivity index (χ4v) is 2.64. The third-order valence-corrected chi connectivity index (χ3v) is 5.03. The molecule has 2 aromatic rings. The highest BCUT2D eigenvalue weighted by molar-refractivity contribution is 7.89. The maximum absolute atomic E-state index is 11.9. The minimum absolute atomic E-state index is 0.0238. The van der Waals surface area contributed by atoms with Gasteiger partial charge >= 0.3 is 6.03 Å². The Hall–Kier alpha value is -2.26. The lowest BCUT2D eigenvalue weighted by atomic mass is 10.2. The summed E-state index contributed by atoms with van der Waals surface area (Å²) in [7, 11) is -0.428. The van der Waals surface area contributed by atoms with Crippen LogP contribution in [0.1, 0.15) is 5.69 Å². The van der Waals surface area contributed by atoms with Gasteiger partial charge < -0.3 is 10.6 Å². The number of aromatic nitrogens is 2. The van der Waals surface area contributed by atoms with Gasteiger partial charge in [-0.15, -0.1) is 0 Å². The Balaban J connectivity index is 2.02. The average molecular weight is 337 g/mol. The molecule has 1 aromatic carbocycles. The molecule has 8 nitrogen and oxygen atoms in total. The first kappa shape index (κ1) is 17.1. The van der Waals surface area contributed by atoms with Gasteiger partial charge in [0.2, 0.25) is 10.0 Å². The normalized spacial score (nSPS) is 11.7. The van der Waals surface area contributed by atoms with Crippen molar-refractivity contribution < 1.29 is 13.2 Å². The van der Waals surface area contributed by atoms with Crippen LogP contribution in [0.25, 0.3) is 10.9 Å². The zero-order valence-electron chi connectivity index (χ0n) is 13.2. The molecular weight excluding hydrogens is 318 g/mol. The van der Waals surface area contributed by atoms with Crippen LogP contribution in [0, 0.1) is 6.92 Å². The van der Waals surface area contributed by atoms with Crippen LogP contribution in [0.2, 0.25) is 0 Å². The van der Waals surface area contributed by atoms with Crippen LogP contribution in [0.5, 0.6) is 0 Å². The van der Waals surface area contributed by atoms with E-state index >= 15 is 0 Å². The molecule has 2 rings (SSSR count). The van der Waals surface area contributed by atoms with E-state index in [1.807, 2.05) is 13.0 Å². The maximum atomic E-state index is 11.9. The first-order valence-corrected chi connectivity index (χ1v) is 8.58. The first-order chi connectivity index (χ1) is 10.8. The molecule has 23 heavy (non-hydrogen) atoms. The molecule has 2 N–H and O–H groups in total. The topological polar surface area (TPSA) is 104 Å². The molecular formula is C14H19N5O3S. The van der Waals surface area contributed by atoms with Gasteiger partial charge in [0.15, 0.2) is 0 Å². The molecule has 1 heterocycles. The van der Waals surface area contributed by atoms with E-state index in [0.717, 1.165) is 15.4 Å². The van der Waals surface area contributed by atoms with Gasteiger partial charge in [-0.1, -0.05) is 6.07 Å². The number of carbonyl (C=O) groups excluding carboxylic acids is 1. The summed E-state index contributed by atoms with van der Waals surface area (Å²) in [6.45, 7) is 1.84. The zero-order valence-corrected chi connectivity index (χ0v) is 14.0. The average Bonchev–Trinajstić information content (AvgIpc) is 2.47. The lowest BCUT2D eigenvalue weighted by molar-refractivity contribution is 0.252. The molecule has 0 aliphatic carbocycles. The van der Waals surface area contributed by atoms with Crippen LogP contribution in [0.15, 0.2) is 24.3 Å². The molecule has 1 aromatic heterocycles. The Morgan fingerprint density at radius 3 is 2.70 bits per heavy atom. The number of anilines is 1.